The Morgan fingerprint density at radius 3 is 2.36 bits per heavy atom. The van der Waals surface area contributed by atoms with Gasteiger partial charge in [-0.3, -0.25) is 14.6 Å². The molecule has 1 N–H and O–H groups in total. The second kappa shape index (κ2) is 6.33. The number of esters is 1. The second-order valence-corrected chi connectivity index (χ2v) is 5.68. The third-order valence-corrected chi connectivity index (χ3v) is 2.54. The molecule has 0 aliphatic carbocycles. The van der Waals surface area contributed by atoms with Crippen LogP contribution in [0.15, 0.2) is 18.3 Å². The summed E-state index contributed by atoms with van der Waals surface area (Å²) in [6, 6.07) is 1.95. The van der Waals surface area contributed by atoms with Gasteiger partial charge in [-0.25, -0.2) is 0 Å². The molecule has 0 aliphatic rings. The predicted molar refractivity (Wildman–Crippen MR) is 69.9 cm³/mol. The molecule has 0 spiro atoms. The van der Waals surface area contributed by atoms with Crippen molar-refractivity contribution >= 4 is 11.9 Å². The summed E-state index contributed by atoms with van der Waals surface area (Å²) < 4.78 is 42.7. The lowest BCUT2D eigenvalue weighted by atomic mass is 9.99. The minimum absolute atomic E-state index is 0.0422. The van der Waals surface area contributed by atoms with Crippen LogP contribution in [0, 0.1) is 5.92 Å². The van der Waals surface area contributed by atoms with Gasteiger partial charge in [0.05, 0.1) is 0 Å². The van der Waals surface area contributed by atoms with E-state index in [2.05, 4.69) is 4.98 Å². The number of aliphatic carboxylic acids is 1. The standard InChI is InChI=1S/C14H16F3NO4/c1-13(2,3)22-12(21)9(11(19)20)6-8-4-5-18-10(7-8)14(15,16)17/h4-5,7,9H,6H2,1-3H3,(H,19,20). The van der Waals surface area contributed by atoms with Crippen molar-refractivity contribution in [2.24, 2.45) is 5.92 Å². The first-order valence-corrected chi connectivity index (χ1v) is 6.38. The number of ether oxygens (including phenoxy) is 1. The number of rotatable bonds is 4. The highest BCUT2D eigenvalue weighted by Gasteiger charge is 2.34. The quantitative estimate of drug-likeness (QED) is 0.682. The Morgan fingerprint density at radius 1 is 1.32 bits per heavy atom. The van der Waals surface area contributed by atoms with E-state index in [4.69, 9.17) is 9.84 Å². The molecular formula is C14H16F3NO4. The molecular weight excluding hydrogens is 303 g/mol. The Hall–Kier alpha value is -2.12. The summed E-state index contributed by atoms with van der Waals surface area (Å²) in [5, 5.41) is 9.09. The van der Waals surface area contributed by atoms with Crippen LogP contribution in [-0.2, 0) is 26.9 Å². The average molecular weight is 319 g/mol. The van der Waals surface area contributed by atoms with Crippen molar-refractivity contribution in [1.29, 1.82) is 0 Å². The first-order chi connectivity index (χ1) is 9.90. The number of pyridine rings is 1. The Morgan fingerprint density at radius 2 is 1.91 bits per heavy atom. The summed E-state index contributed by atoms with van der Waals surface area (Å²) in [5.74, 6) is -4.03. The molecule has 0 radical (unpaired) electrons. The number of carbonyl (C=O) groups is 2. The molecule has 0 aromatic carbocycles. The summed E-state index contributed by atoms with van der Waals surface area (Å²) >= 11 is 0. The highest BCUT2D eigenvalue weighted by molar-refractivity contribution is 5.94. The third kappa shape index (κ3) is 5.34. The van der Waals surface area contributed by atoms with Gasteiger partial charge < -0.3 is 9.84 Å². The van der Waals surface area contributed by atoms with Gasteiger partial charge in [0.25, 0.3) is 0 Å². The Labute approximate surface area is 125 Å². The van der Waals surface area contributed by atoms with E-state index in [0.717, 1.165) is 12.3 Å². The van der Waals surface area contributed by atoms with Crippen LogP contribution < -0.4 is 0 Å². The molecule has 1 aromatic rings. The predicted octanol–water partition coefficient (Wildman–Crippen LogP) is 2.69. The normalized spacial score (nSPS) is 13.5. The van der Waals surface area contributed by atoms with E-state index in [9.17, 15) is 22.8 Å². The maximum Gasteiger partial charge on any atom is 0.433 e. The molecule has 122 valence electrons. The van der Waals surface area contributed by atoms with Crippen LogP contribution in [0.25, 0.3) is 0 Å². The van der Waals surface area contributed by atoms with Gasteiger partial charge in [0.1, 0.15) is 11.3 Å². The molecule has 0 fully saturated rings. The van der Waals surface area contributed by atoms with E-state index in [-0.39, 0.29) is 5.56 Å². The van der Waals surface area contributed by atoms with Crippen molar-refractivity contribution in [1.82, 2.24) is 4.98 Å². The lowest BCUT2D eigenvalue weighted by Gasteiger charge is -2.22. The summed E-state index contributed by atoms with van der Waals surface area (Å²) in [4.78, 5) is 26.2. The fourth-order valence-electron chi connectivity index (χ4n) is 1.64. The van der Waals surface area contributed by atoms with E-state index in [1.807, 2.05) is 0 Å². The van der Waals surface area contributed by atoms with Crippen molar-refractivity contribution in [2.45, 2.75) is 39.0 Å². The maximum atomic E-state index is 12.6. The first-order valence-electron chi connectivity index (χ1n) is 6.38. The second-order valence-electron chi connectivity index (χ2n) is 5.68. The number of halogens is 3. The molecule has 0 saturated carbocycles. The van der Waals surface area contributed by atoms with Crippen LogP contribution in [-0.4, -0.2) is 27.6 Å². The molecule has 5 nitrogen and oxygen atoms in total. The van der Waals surface area contributed by atoms with Gasteiger partial charge in [-0.15, -0.1) is 0 Å². The smallest absolute Gasteiger partial charge is 0.433 e. The van der Waals surface area contributed by atoms with Gasteiger partial charge >= 0.3 is 18.1 Å². The van der Waals surface area contributed by atoms with E-state index in [1.54, 1.807) is 20.8 Å². The summed E-state index contributed by atoms with van der Waals surface area (Å²) in [7, 11) is 0. The Bertz CT molecular complexity index is 564. The van der Waals surface area contributed by atoms with Crippen LogP contribution in [0.1, 0.15) is 32.0 Å². The number of carboxylic acid groups (broad SMARTS) is 1. The van der Waals surface area contributed by atoms with Gasteiger partial charge in [-0.1, -0.05) is 0 Å². The highest BCUT2D eigenvalue weighted by Crippen LogP contribution is 2.28. The van der Waals surface area contributed by atoms with Gasteiger partial charge in [-0.2, -0.15) is 13.2 Å². The van der Waals surface area contributed by atoms with E-state index in [0.29, 0.717) is 0 Å². The fraction of sp³-hybridized carbons (Fsp3) is 0.500. The summed E-state index contributed by atoms with van der Waals surface area (Å²) in [6.07, 6.45) is -4.12. The summed E-state index contributed by atoms with van der Waals surface area (Å²) in [5.41, 5.74) is -1.99. The van der Waals surface area contributed by atoms with Crippen molar-refractivity contribution in [3.05, 3.63) is 29.6 Å². The van der Waals surface area contributed by atoms with Gasteiger partial charge in [0, 0.05) is 6.20 Å². The molecule has 1 aromatic heterocycles. The molecule has 0 saturated heterocycles. The Balaban J connectivity index is 2.98. The van der Waals surface area contributed by atoms with Crippen molar-refractivity contribution in [3.63, 3.8) is 0 Å². The maximum absolute atomic E-state index is 12.6. The van der Waals surface area contributed by atoms with Gasteiger partial charge in [0.15, 0.2) is 5.92 Å². The van der Waals surface area contributed by atoms with Crippen molar-refractivity contribution in [3.8, 4) is 0 Å². The molecule has 0 bridgehead atoms. The minimum Gasteiger partial charge on any atom is -0.481 e. The number of alkyl halides is 3. The largest absolute Gasteiger partial charge is 0.481 e. The summed E-state index contributed by atoms with van der Waals surface area (Å²) in [6.45, 7) is 4.70. The molecule has 1 rings (SSSR count). The van der Waals surface area contributed by atoms with Crippen LogP contribution in [0.5, 0.6) is 0 Å². The zero-order chi connectivity index (χ0) is 17.1. The molecule has 1 heterocycles. The monoisotopic (exact) mass is 319 g/mol. The van der Waals surface area contributed by atoms with Crippen LogP contribution >= 0.6 is 0 Å². The third-order valence-electron chi connectivity index (χ3n) is 2.54. The molecule has 0 aliphatic heterocycles. The van der Waals surface area contributed by atoms with Crippen molar-refractivity contribution < 1.29 is 32.6 Å². The SMILES string of the molecule is CC(C)(C)OC(=O)C(Cc1ccnc(C(F)(F)F)c1)C(=O)O. The highest BCUT2D eigenvalue weighted by atomic mass is 19.4. The fourth-order valence-corrected chi connectivity index (χ4v) is 1.64. The number of carboxylic acids is 1. The zero-order valence-corrected chi connectivity index (χ0v) is 12.3. The average Bonchev–Trinajstić information content (AvgIpc) is 2.32. The molecule has 1 atom stereocenters. The lowest BCUT2D eigenvalue weighted by molar-refractivity contribution is -0.166. The molecule has 1 unspecified atom stereocenters. The van der Waals surface area contributed by atoms with Crippen LogP contribution in [0.2, 0.25) is 0 Å². The molecule has 22 heavy (non-hydrogen) atoms. The zero-order valence-electron chi connectivity index (χ0n) is 12.3. The number of carbonyl (C=O) groups excluding carboxylic acids is 1. The first kappa shape index (κ1) is 17.9. The van der Waals surface area contributed by atoms with Crippen LogP contribution in [0.3, 0.4) is 0 Å². The topological polar surface area (TPSA) is 76.5 Å². The van der Waals surface area contributed by atoms with E-state index < -0.39 is 41.7 Å². The van der Waals surface area contributed by atoms with E-state index in [1.165, 1.54) is 6.07 Å². The molecule has 8 heteroatoms. The minimum atomic E-state index is -4.64. The Kier molecular flexibility index (Phi) is 5.16. The van der Waals surface area contributed by atoms with Gasteiger partial charge in [0.2, 0.25) is 0 Å². The lowest BCUT2D eigenvalue weighted by Crippen LogP contribution is -2.34. The van der Waals surface area contributed by atoms with Crippen LogP contribution in [0.4, 0.5) is 13.2 Å². The number of aromatic nitrogens is 1. The van der Waals surface area contributed by atoms with E-state index >= 15 is 0 Å². The molecule has 0 amide bonds. The number of hydrogen-bond acceptors (Lipinski definition) is 4. The number of nitrogens with zero attached hydrogens (tertiary/aromatic N) is 1. The van der Waals surface area contributed by atoms with Gasteiger partial charge in [-0.05, 0) is 44.9 Å². The number of hydrogen-bond donors (Lipinski definition) is 1. The van der Waals surface area contributed by atoms with Crippen molar-refractivity contribution in [2.75, 3.05) is 0 Å².